The molecule has 4 aliphatic rings. The summed E-state index contributed by atoms with van der Waals surface area (Å²) in [6.07, 6.45) is 5.82. The molecule has 1 aromatic carbocycles. The fourth-order valence-electron chi connectivity index (χ4n) is 3.49. The van der Waals surface area contributed by atoms with E-state index in [2.05, 4.69) is 11.5 Å². The molecule has 0 bridgehead atoms. The zero-order valence-corrected chi connectivity index (χ0v) is 29.8. The first kappa shape index (κ1) is 30.2. The summed E-state index contributed by atoms with van der Waals surface area (Å²) in [7, 11) is 0. The number of rotatable bonds is 0. The smallest absolute Gasteiger partial charge is 0.886 e. The van der Waals surface area contributed by atoms with Gasteiger partial charge in [0.2, 0.25) is 0 Å². The maximum absolute atomic E-state index is 12.5. The average Bonchev–Trinajstić information content (AvgIpc) is 3.00. The summed E-state index contributed by atoms with van der Waals surface area (Å²) >= 11 is 0. The summed E-state index contributed by atoms with van der Waals surface area (Å²) in [5, 5.41) is 38.3. The van der Waals surface area contributed by atoms with Crippen LogP contribution in [0.2, 0.25) is 0 Å². The average molecular weight is 850 g/mol. The number of esters is 1. The molecule has 0 aromatic heterocycles. The second kappa shape index (κ2) is 12.2. The topological polar surface area (TPSA) is 156 Å². The summed E-state index contributed by atoms with van der Waals surface area (Å²) in [6.45, 7) is 2.17. The Bertz CT molecular complexity index is 1160. The van der Waals surface area contributed by atoms with E-state index in [9.17, 15) is 15.0 Å². The minimum atomic E-state index is -1.29. The van der Waals surface area contributed by atoms with Gasteiger partial charge in [0.25, 0.3) is 17.7 Å². The van der Waals surface area contributed by atoms with E-state index in [1.165, 1.54) is 12.2 Å². The zero-order chi connectivity index (χ0) is 24.3. The van der Waals surface area contributed by atoms with Gasteiger partial charge in [0.15, 0.2) is 5.60 Å². The monoisotopic (exact) mass is 852 g/mol. The van der Waals surface area contributed by atoms with Crippen LogP contribution in [0.3, 0.4) is 0 Å². The van der Waals surface area contributed by atoms with Gasteiger partial charge in [-0.3, -0.25) is 9.59 Å². The maximum atomic E-state index is 12.5. The van der Waals surface area contributed by atoms with Gasteiger partial charge in [-0.1, -0.05) is 18.2 Å². The molecule has 2 aliphatic carbocycles. The molecule has 170 valence electrons. The van der Waals surface area contributed by atoms with E-state index in [0.717, 1.165) is 13.8 Å². The fourth-order valence-corrected chi connectivity index (χ4v) is 3.49. The number of hydrogen-bond donors (Lipinski definition) is 2. The van der Waals surface area contributed by atoms with Crippen molar-refractivity contribution in [2.24, 2.45) is 0 Å². The molecule has 0 unspecified atom stereocenters. The number of hydrogen-bond acceptors (Lipinski definition) is 7. The Hall–Kier alpha value is -2.84. The number of carbonyl (C=O) groups is 3. The van der Waals surface area contributed by atoms with Crippen molar-refractivity contribution in [1.29, 1.82) is 0 Å². The molecule has 35 heavy (non-hydrogen) atoms. The summed E-state index contributed by atoms with van der Waals surface area (Å²) in [5.41, 5.74) is 4.96. The molecule has 0 amide bonds. The van der Waals surface area contributed by atoms with E-state index < -0.39 is 23.5 Å². The SMILES string of the molecule is CC(=O)O.CC(=O)O.O=C1OC2(c3ccccc31)[C+]1C=CC([O-])=C=C1OC1=C=C([O-])C=C[C-]12.[Hg+].[Hg+]. The number of aliphatic carboxylic acids is 2. The van der Waals surface area contributed by atoms with Crippen LogP contribution >= 0.6 is 0 Å². The number of benzene rings is 1. The molecule has 9 nitrogen and oxygen atoms in total. The van der Waals surface area contributed by atoms with E-state index in [0.29, 0.717) is 23.0 Å². The van der Waals surface area contributed by atoms with Gasteiger partial charge < -0.3 is 29.9 Å². The predicted octanol–water partition coefficient (Wildman–Crippen LogP) is 1.00. The molecule has 1 fully saturated rings. The number of carboxylic acids is 2. The van der Waals surface area contributed by atoms with Crippen molar-refractivity contribution in [2.45, 2.75) is 19.4 Å². The second-order valence-electron chi connectivity index (χ2n) is 6.89. The van der Waals surface area contributed by atoms with E-state index in [1.807, 2.05) is 0 Å². The Morgan fingerprint density at radius 2 is 1.60 bits per heavy atom. The summed E-state index contributed by atoms with van der Waals surface area (Å²) in [4.78, 5) is 30.5. The fraction of sp³-hybridized carbons (Fsp3) is 0.125. The third-order valence-electron chi connectivity index (χ3n) is 4.50. The number of carboxylic acid groups (broad SMARTS) is 2. The van der Waals surface area contributed by atoms with Gasteiger partial charge >= 0.3 is 61.3 Å². The van der Waals surface area contributed by atoms with Gasteiger partial charge in [0, 0.05) is 25.5 Å². The number of fused-ring (bicyclic) bond motifs is 6. The van der Waals surface area contributed by atoms with Crippen LogP contribution in [0.1, 0.15) is 29.8 Å². The maximum Gasteiger partial charge on any atom is 1.00 e. The minimum Gasteiger partial charge on any atom is -0.886 e. The molecule has 1 spiro atoms. The molecule has 0 atom stereocenters. The Morgan fingerprint density at radius 1 is 1.03 bits per heavy atom. The first-order valence-electron chi connectivity index (χ1n) is 9.43. The standard InChI is InChI=1S/C20H10O5.2C2H4O2.2Hg/c21-11-5-7-15-17(9-11)24-18-10-12(22)6-8-16(18)20(15)14-4-2-1-3-13(14)19(23)25-20;2*1-2(3)4;;/h1-8,21-22H;2*1H3,(H,3,4);;/q;;;2*+1/p-2. The Kier molecular flexibility index (Phi) is 10.5. The van der Waals surface area contributed by atoms with E-state index in [1.54, 1.807) is 36.4 Å². The van der Waals surface area contributed by atoms with E-state index >= 15 is 0 Å². The van der Waals surface area contributed by atoms with Crippen molar-refractivity contribution in [1.82, 2.24) is 0 Å². The molecule has 11 heteroatoms. The van der Waals surface area contributed by atoms with Crippen molar-refractivity contribution in [3.8, 4) is 0 Å². The molecular weight excluding hydrogens is 833 g/mol. The van der Waals surface area contributed by atoms with Gasteiger partial charge in [0.05, 0.1) is 28.9 Å². The molecule has 1 aromatic rings. The van der Waals surface area contributed by atoms with Crippen LogP contribution in [-0.4, -0.2) is 28.1 Å². The third kappa shape index (κ3) is 6.24. The molecule has 1 saturated heterocycles. The van der Waals surface area contributed by atoms with Crippen LogP contribution in [0.4, 0.5) is 0 Å². The zero-order valence-electron chi connectivity index (χ0n) is 18.8. The van der Waals surface area contributed by atoms with Crippen LogP contribution in [0, 0.1) is 11.8 Å². The van der Waals surface area contributed by atoms with Crippen LogP contribution in [-0.2, 0) is 80.0 Å². The van der Waals surface area contributed by atoms with Gasteiger partial charge in [-0.2, -0.15) is 17.9 Å². The minimum absolute atomic E-state index is 0. The Morgan fingerprint density at radius 3 is 2.23 bits per heavy atom. The van der Waals surface area contributed by atoms with Crippen LogP contribution in [0.15, 0.2) is 83.1 Å². The van der Waals surface area contributed by atoms with Gasteiger partial charge in [-0.15, -0.1) is 0 Å². The first-order valence-corrected chi connectivity index (χ1v) is 9.43. The molecule has 0 saturated carbocycles. The van der Waals surface area contributed by atoms with Gasteiger partial charge in [-0.25, -0.2) is 10.5 Å². The van der Waals surface area contributed by atoms with Crippen LogP contribution in [0.25, 0.3) is 0 Å². The largest absolute Gasteiger partial charge is 1.00 e. The van der Waals surface area contributed by atoms with E-state index in [4.69, 9.17) is 29.3 Å². The normalized spacial score (nSPS) is 19.4. The Balaban J connectivity index is 0.000000541. The van der Waals surface area contributed by atoms with Crippen molar-refractivity contribution >= 4 is 17.9 Å². The van der Waals surface area contributed by atoms with Crippen LogP contribution < -0.4 is 10.2 Å². The van der Waals surface area contributed by atoms with Crippen molar-refractivity contribution in [2.75, 3.05) is 0 Å². The molecule has 5 rings (SSSR count). The first-order chi connectivity index (χ1) is 15.6. The van der Waals surface area contributed by atoms with Crippen molar-refractivity contribution < 1.29 is 99.6 Å². The molecule has 2 radical (unpaired) electrons. The summed E-state index contributed by atoms with van der Waals surface area (Å²) in [6, 6.07) is 7.02. The van der Waals surface area contributed by atoms with Crippen molar-refractivity contribution in [3.05, 3.63) is 106 Å². The summed E-state index contributed by atoms with van der Waals surface area (Å²) < 4.78 is 11.5. The molecule has 2 N–H and O–H groups in total. The van der Waals surface area contributed by atoms with Gasteiger partial charge in [-0.05, 0) is 12.0 Å². The molecule has 2 aliphatic heterocycles. The third-order valence-corrected chi connectivity index (χ3v) is 4.50. The van der Waals surface area contributed by atoms with Crippen LogP contribution in [0.5, 0.6) is 0 Å². The quantitative estimate of drug-likeness (QED) is 0.169. The predicted molar refractivity (Wildman–Crippen MR) is 107 cm³/mol. The number of ether oxygens (including phenoxy) is 2. The van der Waals surface area contributed by atoms with E-state index in [-0.39, 0.29) is 78.4 Å². The molecular formula is C24H16Hg2O9. The molecule has 2 heterocycles. The Labute approximate surface area is 241 Å². The number of carbonyl (C=O) groups excluding carboxylic acids is 1. The second-order valence-corrected chi connectivity index (χ2v) is 6.89. The summed E-state index contributed by atoms with van der Waals surface area (Å²) in [5.74, 6) is -1.64. The van der Waals surface area contributed by atoms with Crippen molar-refractivity contribution in [3.63, 3.8) is 0 Å². The van der Waals surface area contributed by atoms with Gasteiger partial charge in [0.1, 0.15) is 5.92 Å².